The van der Waals surface area contributed by atoms with E-state index in [-0.39, 0.29) is 6.10 Å². The van der Waals surface area contributed by atoms with Crippen LogP contribution in [0.15, 0.2) is 36.7 Å². The van der Waals surface area contributed by atoms with Crippen molar-refractivity contribution in [2.45, 2.75) is 38.2 Å². The Kier molecular flexibility index (Phi) is 4.94. The molecule has 1 atom stereocenters. The van der Waals surface area contributed by atoms with E-state index in [1.165, 1.54) is 19.3 Å². The molecule has 4 nitrogen and oxygen atoms in total. The summed E-state index contributed by atoms with van der Waals surface area (Å²) in [5.41, 5.74) is 2.95. The van der Waals surface area contributed by atoms with Crippen LogP contribution in [0, 0.1) is 17.8 Å². The number of ether oxygens (including phenoxy) is 2. The van der Waals surface area contributed by atoms with Crippen LogP contribution in [0.5, 0.6) is 5.88 Å². The van der Waals surface area contributed by atoms with Gasteiger partial charge in [0.25, 0.3) is 0 Å². The van der Waals surface area contributed by atoms with Gasteiger partial charge in [0.05, 0.1) is 11.8 Å². The standard InChI is InChI=1S/C21H22N2O2/c1-2-12-24-19(3-1)14-25-21-13-20(22-15-23-21)18-10-8-17(9-11-18)7-6-16-4-5-16/h8-11,13,15-16,19H,1-5,12,14H2/t19-/m1/s1. The van der Waals surface area contributed by atoms with Crippen LogP contribution in [0.2, 0.25) is 0 Å². The first-order valence-electron chi connectivity index (χ1n) is 9.05. The summed E-state index contributed by atoms with van der Waals surface area (Å²) in [6.07, 6.45) is 7.64. The van der Waals surface area contributed by atoms with Gasteiger partial charge in [-0.2, -0.15) is 0 Å². The highest BCUT2D eigenvalue weighted by atomic mass is 16.5. The molecule has 1 saturated heterocycles. The lowest BCUT2D eigenvalue weighted by Crippen LogP contribution is -2.26. The molecule has 0 bridgehead atoms. The molecule has 1 aromatic heterocycles. The first kappa shape index (κ1) is 16.1. The summed E-state index contributed by atoms with van der Waals surface area (Å²) in [7, 11) is 0. The zero-order valence-electron chi connectivity index (χ0n) is 14.3. The molecule has 4 heteroatoms. The molecule has 2 fully saturated rings. The fourth-order valence-electron chi connectivity index (χ4n) is 2.83. The molecule has 25 heavy (non-hydrogen) atoms. The van der Waals surface area contributed by atoms with E-state index in [9.17, 15) is 0 Å². The summed E-state index contributed by atoms with van der Waals surface area (Å²) < 4.78 is 11.5. The Hall–Kier alpha value is -2.38. The molecule has 0 spiro atoms. The van der Waals surface area contributed by atoms with Crippen molar-refractivity contribution in [1.82, 2.24) is 9.97 Å². The lowest BCUT2D eigenvalue weighted by molar-refractivity contribution is -0.0119. The average Bonchev–Trinajstić information content (AvgIpc) is 3.51. The van der Waals surface area contributed by atoms with E-state index >= 15 is 0 Å². The molecule has 2 heterocycles. The third kappa shape index (κ3) is 4.58. The Labute approximate surface area is 148 Å². The van der Waals surface area contributed by atoms with Crippen molar-refractivity contribution in [2.24, 2.45) is 5.92 Å². The first-order valence-corrected chi connectivity index (χ1v) is 9.05. The molecular weight excluding hydrogens is 312 g/mol. The molecule has 1 aliphatic carbocycles. The predicted molar refractivity (Wildman–Crippen MR) is 96.2 cm³/mol. The fraction of sp³-hybridized carbons (Fsp3) is 0.429. The van der Waals surface area contributed by atoms with Crippen LogP contribution < -0.4 is 4.74 Å². The molecule has 1 saturated carbocycles. The SMILES string of the molecule is C(#CC1CC1)c1ccc(-c2cc(OC[C@H]3CCCCO3)ncn2)cc1. The maximum absolute atomic E-state index is 5.80. The normalized spacial score (nSPS) is 19.8. The van der Waals surface area contributed by atoms with Crippen molar-refractivity contribution in [3.05, 3.63) is 42.2 Å². The number of hydrogen-bond acceptors (Lipinski definition) is 4. The molecule has 2 aliphatic rings. The largest absolute Gasteiger partial charge is 0.475 e. The highest BCUT2D eigenvalue weighted by Crippen LogP contribution is 2.27. The summed E-state index contributed by atoms with van der Waals surface area (Å²) in [6, 6.07) is 10.1. The molecule has 0 N–H and O–H groups in total. The van der Waals surface area contributed by atoms with Gasteiger partial charge in [-0.1, -0.05) is 24.0 Å². The van der Waals surface area contributed by atoms with E-state index in [1.807, 2.05) is 30.3 Å². The minimum Gasteiger partial charge on any atom is -0.475 e. The first-order chi connectivity index (χ1) is 12.4. The van der Waals surface area contributed by atoms with E-state index in [1.54, 1.807) is 6.33 Å². The number of benzene rings is 1. The minimum absolute atomic E-state index is 0.177. The third-order valence-corrected chi connectivity index (χ3v) is 4.51. The smallest absolute Gasteiger partial charge is 0.216 e. The van der Waals surface area contributed by atoms with Crippen molar-refractivity contribution in [1.29, 1.82) is 0 Å². The molecule has 1 aliphatic heterocycles. The Bertz CT molecular complexity index is 766. The van der Waals surface area contributed by atoms with Crippen LogP contribution in [0.25, 0.3) is 11.3 Å². The van der Waals surface area contributed by atoms with Gasteiger partial charge in [0.2, 0.25) is 5.88 Å². The number of aromatic nitrogens is 2. The van der Waals surface area contributed by atoms with E-state index in [2.05, 4.69) is 21.8 Å². The summed E-state index contributed by atoms with van der Waals surface area (Å²) in [4.78, 5) is 8.57. The molecule has 0 amide bonds. The molecular formula is C21H22N2O2. The Balaban J connectivity index is 1.40. The highest BCUT2D eigenvalue weighted by molar-refractivity contribution is 5.61. The Morgan fingerprint density at radius 3 is 2.72 bits per heavy atom. The average molecular weight is 334 g/mol. The molecule has 1 aromatic carbocycles. The van der Waals surface area contributed by atoms with Crippen LogP contribution in [0.1, 0.15) is 37.7 Å². The molecule has 4 rings (SSSR count). The maximum Gasteiger partial charge on any atom is 0.216 e. The molecule has 2 aromatic rings. The topological polar surface area (TPSA) is 44.2 Å². The van der Waals surface area contributed by atoms with Gasteiger partial charge in [0.15, 0.2) is 0 Å². The third-order valence-electron chi connectivity index (χ3n) is 4.51. The predicted octanol–water partition coefficient (Wildman–Crippen LogP) is 3.85. The molecule has 0 radical (unpaired) electrons. The minimum atomic E-state index is 0.177. The maximum atomic E-state index is 5.80. The van der Waals surface area contributed by atoms with Crippen molar-refractivity contribution in [2.75, 3.05) is 13.2 Å². The lowest BCUT2D eigenvalue weighted by atomic mass is 10.1. The second-order valence-corrected chi connectivity index (χ2v) is 6.66. The van der Waals surface area contributed by atoms with Gasteiger partial charge in [-0.3, -0.25) is 0 Å². The zero-order chi connectivity index (χ0) is 16.9. The van der Waals surface area contributed by atoms with Crippen LogP contribution in [0.3, 0.4) is 0 Å². The fourth-order valence-corrected chi connectivity index (χ4v) is 2.83. The number of nitrogens with zero attached hydrogens (tertiary/aromatic N) is 2. The highest BCUT2D eigenvalue weighted by Gasteiger charge is 2.17. The molecule has 128 valence electrons. The van der Waals surface area contributed by atoms with Crippen molar-refractivity contribution < 1.29 is 9.47 Å². The van der Waals surface area contributed by atoms with Crippen molar-refractivity contribution >= 4 is 0 Å². The van der Waals surface area contributed by atoms with E-state index in [0.29, 0.717) is 18.4 Å². The quantitative estimate of drug-likeness (QED) is 0.797. The van der Waals surface area contributed by atoms with Gasteiger partial charge in [-0.15, -0.1) is 0 Å². The van der Waals surface area contributed by atoms with Crippen LogP contribution in [-0.2, 0) is 4.74 Å². The van der Waals surface area contributed by atoms with E-state index in [4.69, 9.17) is 9.47 Å². The van der Waals surface area contributed by atoms with Crippen LogP contribution >= 0.6 is 0 Å². The Morgan fingerprint density at radius 2 is 1.96 bits per heavy atom. The van der Waals surface area contributed by atoms with Crippen molar-refractivity contribution in [3.63, 3.8) is 0 Å². The molecule has 0 unspecified atom stereocenters. The van der Waals surface area contributed by atoms with Crippen LogP contribution in [0.4, 0.5) is 0 Å². The number of rotatable bonds is 4. The van der Waals surface area contributed by atoms with Crippen molar-refractivity contribution in [3.8, 4) is 29.0 Å². The van der Waals surface area contributed by atoms with Gasteiger partial charge >= 0.3 is 0 Å². The Morgan fingerprint density at radius 1 is 1.08 bits per heavy atom. The van der Waals surface area contributed by atoms with Gasteiger partial charge in [-0.05, 0) is 44.2 Å². The van der Waals surface area contributed by atoms with Gasteiger partial charge in [0, 0.05) is 29.7 Å². The van der Waals surface area contributed by atoms with Crippen LogP contribution in [-0.4, -0.2) is 29.3 Å². The second kappa shape index (κ2) is 7.67. The lowest BCUT2D eigenvalue weighted by Gasteiger charge is -2.22. The summed E-state index contributed by atoms with van der Waals surface area (Å²) in [5.74, 6) is 7.73. The zero-order valence-corrected chi connectivity index (χ0v) is 14.3. The number of hydrogen-bond donors (Lipinski definition) is 0. The summed E-state index contributed by atoms with van der Waals surface area (Å²) >= 11 is 0. The second-order valence-electron chi connectivity index (χ2n) is 6.66. The van der Waals surface area contributed by atoms with Gasteiger partial charge in [0.1, 0.15) is 12.9 Å². The van der Waals surface area contributed by atoms with E-state index < -0.39 is 0 Å². The monoisotopic (exact) mass is 334 g/mol. The summed E-state index contributed by atoms with van der Waals surface area (Å²) in [5, 5.41) is 0. The van der Waals surface area contributed by atoms with Gasteiger partial charge in [-0.25, -0.2) is 9.97 Å². The summed E-state index contributed by atoms with van der Waals surface area (Å²) in [6.45, 7) is 1.38. The van der Waals surface area contributed by atoms with E-state index in [0.717, 1.165) is 36.3 Å². The van der Waals surface area contributed by atoms with Gasteiger partial charge < -0.3 is 9.47 Å².